The lowest BCUT2D eigenvalue weighted by Gasteiger charge is -2.16. The Hall–Kier alpha value is -2.07. The van der Waals surface area contributed by atoms with E-state index in [0.29, 0.717) is 0 Å². The smallest absolute Gasteiger partial charge is 0.294 e. The zero-order valence-electron chi connectivity index (χ0n) is 10.4. The van der Waals surface area contributed by atoms with Crippen molar-refractivity contribution in [2.75, 3.05) is 18.6 Å². The maximum Gasteiger partial charge on any atom is 0.294 e. The van der Waals surface area contributed by atoms with Crippen LogP contribution < -0.4 is 5.43 Å². The number of hydrogen-bond donors (Lipinski definition) is 5. The minimum absolute atomic E-state index is 0.0640. The fraction of sp³-hybridized carbons (Fsp3) is 0.364. The van der Waals surface area contributed by atoms with Crippen molar-refractivity contribution >= 4 is 17.1 Å². The number of benzene rings is 1. The van der Waals surface area contributed by atoms with E-state index in [1.165, 1.54) is 18.2 Å². The Balaban J connectivity index is 2.92. The summed E-state index contributed by atoms with van der Waals surface area (Å²) in [5.41, 5.74) is 1.91. The molecule has 0 aromatic heterocycles. The number of aliphatic hydroxyl groups is 4. The molecular weight excluding hydrogens is 270 g/mol. The second kappa shape index (κ2) is 7.50. The first-order valence-electron chi connectivity index (χ1n) is 5.65. The van der Waals surface area contributed by atoms with Crippen LogP contribution in [0.1, 0.15) is 0 Å². The predicted octanol–water partition coefficient (Wildman–Crippen LogP) is -0.931. The minimum atomic E-state index is -1.58. The number of anilines is 1. The monoisotopic (exact) mass is 285 g/mol. The van der Waals surface area contributed by atoms with E-state index in [2.05, 4.69) is 10.5 Å². The van der Waals surface area contributed by atoms with Gasteiger partial charge in [-0.25, -0.2) is 0 Å². The van der Waals surface area contributed by atoms with Gasteiger partial charge in [0, 0.05) is 6.07 Å². The molecule has 0 saturated carbocycles. The van der Waals surface area contributed by atoms with Crippen molar-refractivity contribution < 1.29 is 25.3 Å². The number of hydrogen-bond acceptors (Lipinski definition) is 8. The van der Waals surface area contributed by atoms with E-state index in [-0.39, 0.29) is 17.1 Å². The second-order valence-corrected chi connectivity index (χ2v) is 3.84. The third-order valence-electron chi connectivity index (χ3n) is 2.48. The molecule has 1 rings (SSSR count). The lowest BCUT2D eigenvalue weighted by Crippen LogP contribution is -2.38. The van der Waals surface area contributed by atoms with Crippen LogP contribution in [-0.4, -0.2) is 56.5 Å². The highest BCUT2D eigenvalue weighted by molar-refractivity contribution is 5.90. The number of hydrazone groups is 1. The average molecular weight is 285 g/mol. The van der Waals surface area contributed by atoms with Gasteiger partial charge in [-0.15, -0.1) is 0 Å². The van der Waals surface area contributed by atoms with Crippen molar-refractivity contribution in [3.8, 4) is 0 Å². The predicted molar refractivity (Wildman–Crippen MR) is 70.3 cm³/mol. The van der Waals surface area contributed by atoms with E-state index < -0.39 is 30.3 Å². The van der Waals surface area contributed by atoms with Gasteiger partial charge in [-0.2, -0.15) is 5.10 Å². The Morgan fingerprint density at radius 2 is 2.00 bits per heavy atom. The Kier molecular flexibility index (Phi) is 6.00. The van der Waals surface area contributed by atoms with Gasteiger partial charge in [0.1, 0.15) is 17.9 Å². The summed E-state index contributed by atoms with van der Waals surface area (Å²) in [6, 6.07) is 5.67. The third-order valence-corrected chi connectivity index (χ3v) is 2.48. The molecule has 1 aromatic carbocycles. The molecule has 0 aliphatic carbocycles. The summed E-state index contributed by atoms with van der Waals surface area (Å²) in [6.45, 7) is -1.41. The fourth-order valence-corrected chi connectivity index (χ4v) is 1.38. The molecule has 110 valence electrons. The van der Waals surface area contributed by atoms with Crippen LogP contribution in [0.2, 0.25) is 0 Å². The van der Waals surface area contributed by atoms with E-state index in [1.807, 2.05) is 0 Å². The quantitative estimate of drug-likeness (QED) is 0.247. The molecule has 0 aliphatic heterocycles. The molecule has 9 nitrogen and oxygen atoms in total. The van der Waals surface area contributed by atoms with Crippen molar-refractivity contribution in [2.45, 2.75) is 12.2 Å². The fourth-order valence-electron chi connectivity index (χ4n) is 1.38. The molecule has 0 bridgehead atoms. The van der Waals surface area contributed by atoms with E-state index in [0.717, 1.165) is 0 Å². The van der Waals surface area contributed by atoms with Crippen LogP contribution in [0.4, 0.5) is 11.4 Å². The Labute approximate surface area is 114 Å². The van der Waals surface area contributed by atoms with E-state index in [9.17, 15) is 20.3 Å². The summed E-state index contributed by atoms with van der Waals surface area (Å²) in [5, 5.41) is 50.9. The summed E-state index contributed by atoms with van der Waals surface area (Å²) in [4.78, 5) is 10.2. The van der Waals surface area contributed by atoms with E-state index in [4.69, 9.17) is 10.2 Å². The molecule has 0 unspecified atom stereocenters. The lowest BCUT2D eigenvalue weighted by molar-refractivity contribution is -0.384. The van der Waals surface area contributed by atoms with Crippen LogP contribution in [0.15, 0.2) is 29.4 Å². The molecule has 0 heterocycles. The van der Waals surface area contributed by atoms with Crippen molar-refractivity contribution in [3.63, 3.8) is 0 Å². The Bertz CT molecular complexity index is 493. The molecule has 2 atom stereocenters. The van der Waals surface area contributed by atoms with Gasteiger partial charge in [0.15, 0.2) is 0 Å². The topological polar surface area (TPSA) is 148 Å². The maximum atomic E-state index is 10.8. The van der Waals surface area contributed by atoms with Gasteiger partial charge < -0.3 is 20.4 Å². The number of nitro groups is 1. The van der Waals surface area contributed by atoms with Gasteiger partial charge >= 0.3 is 0 Å². The second-order valence-electron chi connectivity index (χ2n) is 3.84. The van der Waals surface area contributed by atoms with Crippen molar-refractivity contribution in [3.05, 3.63) is 34.4 Å². The van der Waals surface area contributed by atoms with E-state index >= 15 is 0 Å². The maximum absolute atomic E-state index is 10.8. The summed E-state index contributed by atoms with van der Waals surface area (Å²) >= 11 is 0. The van der Waals surface area contributed by atoms with Gasteiger partial charge in [-0.05, 0) is 6.07 Å². The van der Waals surface area contributed by atoms with Gasteiger partial charge in [0.2, 0.25) is 0 Å². The van der Waals surface area contributed by atoms with Crippen molar-refractivity contribution in [1.82, 2.24) is 0 Å². The SMILES string of the molecule is O=[N+]([O-])c1ccccc1N/N=C(/CO)[C@@H](O)[C@H](O)CO. The number of para-hydroxylation sites is 2. The van der Waals surface area contributed by atoms with Crippen LogP contribution >= 0.6 is 0 Å². The van der Waals surface area contributed by atoms with Crippen LogP contribution in [-0.2, 0) is 0 Å². The average Bonchev–Trinajstić information content (AvgIpc) is 2.46. The molecule has 0 aliphatic rings. The Morgan fingerprint density at radius 1 is 1.35 bits per heavy atom. The molecule has 1 aromatic rings. The molecular formula is C11H15N3O6. The first kappa shape index (κ1) is 16.0. The molecule has 0 amide bonds. The van der Waals surface area contributed by atoms with Crippen LogP contribution in [0.25, 0.3) is 0 Å². The zero-order valence-corrected chi connectivity index (χ0v) is 10.4. The summed E-state index contributed by atoms with van der Waals surface area (Å²) in [5.74, 6) is 0. The van der Waals surface area contributed by atoms with Crippen LogP contribution in [0, 0.1) is 10.1 Å². The molecule has 0 fully saturated rings. The zero-order chi connectivity index (χ0) is 15.1. The van der Waals surface area contributed by atoms with Gasteiger partial charge in [0.05, 0.1) is 23.8 Å². The number of nitrogens with zero attached hydrogens (tertiary/aromatic N) is 2. The number of rotatable bonds is 7. The molecule has 5 N–H and O–H groups in total. The normalized spacial score (nSPS) is 14.7. The van der Waals surface area contributed by atoms with Crippen LogP contribution in [0.5, 0.6) is 0 Å². The first-order chi connectivity index (χ1) is 9.51. The van der Waals surface area contributed by atoms with Crippen molar-refractivity contribution in [2.24, 2.45) is 5.10 Å². The lowest BCUT2D eigenvalue weighted by atomic mass is 10.1. The Morgan fingerprint density at radius 3 is 2.55 bits per heavy atom. The first-order valence-corrected chi connectivity index (χ1v) is 5.65. The van der Waals surface area contributed by atoms with Crippen LogP contribution in [0.3, 0.4) is 0 Å². The standard InChI is InChI=1S/C11H15N3O6/c15-5-8(11(18)10(17)6-16)13-12-7-3-1-2-4-9(7)14(19)20/h1-4,10-12,15-18H,5-6H2/b13-8-/t10-,11-/m1/s1. The number of nitro benzene ring substituents is 1. The summed E-state index contributed by atoms with van der Waals surface area (Å²) in [7, 11) is 0. The molecule has 9 heteroatoms. The molecule has 0 radical (unpaired) electrons. The number of nitrogens with one attached hydrogen (secondary N) is 1. The largest absolute Gasteiger partial charge is 0.394 e. The summed E-state index contributed by atoms with van der Waals surface area (Å²) < 4.78 is 0. The van der Waals surface area contributed by atoms with Crippen molar-refractivity contribution in [1.29, 1.82) is 0 Å². The highest BCUT2D eigenvalue weighted by Gasteiger charge is 2.21. The molecule has 20 heavy (non-hydrogen) atoms. The van der Waals surface area contributed by atoms with E-state index in [1.54, 1.807) is 6.07 Å². The number of aliphatic hydroxyl groups excluding tert-OH is 4. The highest BCUT2D eigenvalue weighted by atomic mass is 16.6. The van der Waals surface area contributed by atoms with Gasteiger partial charge in [-0.3, -0.25) is 15.5 Å². The third kappa shape index (κ3) is 3.96. The summed E-state index contributed by atoms with van der Waals surface area (Å²) in [6.07, 6.45) is -3.09. The van der Waals surface area contributed by atoms with Gasteiger partial charge in [0.25, 0.3) is 5.69 Å². The highest BCUT2D eigenvalue weighted by Crippen LogP contribution is 2.23. The molecule has 0 saturated heterocycles. The molecule has 0 spiro atoms. The minimum Gasteiger partial charge on any atom is -0.394 e. The van der Waals surface area contributed by atoms with Gasteiger partial charge in [-0.1, -0.05) is 12.1 Å².